The highest BCUT2D eigenvalue weighted by molar-refractivity contribution is 5.82. The number of aryl methyl sites for hydroxylation is 1. The minimum atomic E-state index is -1.02. The van der Waals surface area contributed by atoms with Gasteiger partial charge in [0.1, 0.15) is 6.04 Å². The molecule has 116 valence electrons. The Hall–Kier alpha value is -2.04. The Bertz CT molecular complexity index is 460. The molecule has 0 aliphatic rings. The van der Waals surface area contributed by atoms with Gasteiger partial charge in [0, 0.05) is 6.04 Å². The zero-order chi connectivity index (χ0) is 15.8. The highest BCUT2D eigenvalue weighted by Gasteiger charge is 2.20. The molecule has 1 unspecified atom stereocenters. The third-order valence-corrected chi connectivity index (χ3v) is 3.53. The predicted molar refractivity (Wildman–Crippen MR) is 82.2 cm³/mol. The van der Waals surface area contributed by atoms with Crippen LogP contribution in [0.5, 0.6) is 0 Å². The molecular weight excluding hydrogens is 268 g/mol. The Labute approximate surface area is 125 Å². The lowest BCUT2D eigenvalue weighted by Gasteiger charge is -2.20. The average Bonchev–Trinajstić information content (AvgIpc) is 2.44. The van der Waals surface area contributed by atoms with Crippen molar-refractivity contribution in [1.82, 2.24) is 10.6 Å². The summed E-state index contributed by atoms with van der Waals surface area (Å²) >= 11 is 0. The van der Waals surface area contributed by atoms with E-state index in [2.05, 4.69) is 10.6 Å². The highest BCUT2D eigenvalue weighted by Crippen LogP contribution is 2.06. The third-order valence-electron chi connectivity index (χ3n) is 3.53. The number of benzene rings is 1. The highest BCUT2D eigenvalue weighted by atomic mass is 16.4. The van der Waals surface area contributed by atoms with E-state index in [0.29, 0.717) is 18.8 Å². The normalized spacial score (nSPS) is 13.5. The maximum absolute atomic E-state index is 11.8. The van der Waals surface area contributed by atoms with Crippen molar-refractivity contribution in [3.63, 3.8) is 0 Å². The molecule has 2 amide bonds. The summed E-state index contributed by atoms with van der Waals surface area (Å²) in [6.07, 6.45) is 0.973. The van der Waals surface area contributed by atoms with Gasteiger partial charge in [-0.1, -0.05) is 44.2 Å². The molecule has 0 bridgehead atoms. The molecule has 0 saturated heterocycles. The number of carboxylic acids is 1. The summed E-state index contributed by atoms with van der Waals surface area (Å²) < 4.78 is 0. The monoisotopic (exact) mass is 292 g/mol. The standard InChI is InChI=1S/C16H24N2O3/c1-11(2)12(3)17-16(21)18-14(15(19)20)10-9-13-7-5-4-6-8-13/h4-8,11-12,14H,9-10H2,1-3H3,(H,19,20)(H2,17,18,21)/t12?,14-/m0/s1. The second kappa shape index (κ2) is 8.29. The van der Waals surface area contributed by atoms with Crippen molar-refractivity contribution < 1.29 is 14.7 Å². The largest absolute Gasteiger partial charge is 0.480 e. The van der Waals surface area contributed by atoms with Crippen LogP contribution >= 0.6 is 0 Å². The van der Waals surface area contributed by atoms with Crippen LogP contribution in [0.2, 0.25) is 0 Å². The lowest BCUT2D eigenvalue weighted by Crippen LogP contribution is -2.49. The molecule has 1 rings (SSSR count). The first-order valence-corrected chi connectivity index (χ1v) is 7.24. The van der Waals surface area contributed by atoms with Crippen LogP contribution in [0.25, 0.3) is 0 Å². The number of nitrogens with one attached hydrogen (secondary N) is 2. The van der Waals surface area contributed by atoms with Gasteiger partial charge >= 0.3 is 12.0 Å². The Balaban J connectivity index is 2.50. The molecule has 2 atom stereocenters. The summed E-state index contributed by atoms with van der Waals surface area (Å²) in [6.45, 7) is 5.88. The van der Waals surface area contributed by atoms with Crippen LogP contribution in [-0.4, -0.2) is 29.2 Å². The maximum atomic E-state index is 11.8. The molecule has 0 fully saturated rings. The molecule has 0 saturated carbocycles. The molecule has 21 heavy (non-hydrogen) atoms. The predicted octanol–water partition coefficient (Wildman–Crippen LogP) is 2.42. The number of rotatable bonds is 7. The van der Waals surface area contributed by atoms with Gasteiger partial charge < -0.3 is 15.7 Å². The number of carbonyl (C=O) groups excluding carboxylic acids is 1. The molecule has 0 aliphatic heterocycles. The molecule has 3 N–H and O–H groups in total. The first kappa shape index (κ1) is 17.0. The fourth-order valence-corrected chi connectivity index (χ4v) is 1.79. The number of aliphatic carboxylic acids is 1. The SMILES string of the molecule is CC(C)C(C)NC(=O)N[C@@H](CCc1ccccc1)C(=O)O. The lowest BCUT2D eigenvalue weighted by atomic mass is 10.1. The third kappa shape index (κ3) is 6.29. The van der Waals surface area contributed by atoms with Crippen molar-refractivity contribution in [3.05, 3.63) is 35.9 Å². The average molecular weight is 292 g/mol. The first-order valence-electron chi connectivity index (χ1n) is 7.24. The minimum absolute atomic E-state index is 0.00596. The Morgan fingerprint density at radius 2 is 1.71 bits per heavy atom. The second-order valence-corrected chi connectivity index (χ2v) is 5.57. The van der Waals surface area contributed by atoms with Crippen LogP contribution in [0.3, 0.4) is 0 Å². The Morgan fingerprint density at radius 1 is 1.10 bits per heavy atom. The number of amides is 2. The van der Waals surface area contributed by atoms with E-state index in [9.17, 15) is 14.7 Å². The van der Waals surface area contributed by atoms with Gasteiger partial charge in [-0.15, -0.1) is 0 Å². The first-order chi connectivity index (χ1) is 9.90. The molecule has 0 aliphatic carbocycles. The quantitative estimate of drug-likeness (QED) is 0.722. The fourth-order valence-electron chi connectivity index (χ4n) is 1.79. The molecule has 1 aromatic carbocycles. The Morgan fingerprint density at radius 3 is 2.24 bits per heavy atom. The summed E-state index contributed by atoms with van der Waals surface area (Å²) in [7, 11) is 0. The molecular formula is C16H24N2O3. The minimum Gasteiger partial charge on any atom is -0.480 e. The summed E-state index contributed by atoms with van der Waals surface area (Å²) in [5.41, 5.74) is 1.06. The summed E-state index contributed by atoms with van der Waals surface area (Å²) in [5, 5.41) is 14.5. The van der Waals surface area contributed by atoms with Crippen molar-refractivity contribution in [2.75, 3.05) is 0 Å². The van der Waals surface area contributed by atoms with Crippen LogP contribution < -0.4 is 10.6 Å². The van der Waals surface area contributed by atoms with Crippen LogP contribution in [0.1, 0.15) is 32.8 Å². The fraction of sp³-hybridized carbons (Fsp3) is 0.500. The van der Waals surface area contributed by atoms with Crippen molar-refractivity contribution in [2.45, 2.75) is 45.7 Å². The number of urea groups is 1. The van der Waals surface area contributed by atoms with E-state index < -0.39 is 18.0 Å². The number of carbonyl (C=O) groups is 2. The molecule has 1 aromatic rings. The summed E-state index contributed by atoms with van der Waals surface area (Å²) in [6, 6.07) is 8.30. The van der Waals surface area contributed by atoms with Crippen LogP contribution in [0.4, 0.5) is 4.79 Å². The molecule has 0 aromatic heterocycles. The van der Waals surface area contributed by atoms with Gasteiger partial charge in [0.25, 0.3) is 0 Å². The molecule has 0 heterocycles. The number of carboxylic acid groups (broad SMARTS) is 1. The van der Waals surface area contributed by atoms with Crippen LogP contribution in [0, 0.1) is 5.92 Å². The van der Waals surface area contributed by atoms with E-state index in [4.69, 9.17) is 0 Å². The van der Waals surface area contributed by atoms with Gasteiger partial charge in [-0.2, -0.15) is 0 Å². The van der Waals surface area contributed by atoms with Gasteiger partial charge in [-0.3, -0.25) is 0 Å². The van der Waals surface area contributed by atoms with Gasteiger partial charge in [0.15, 0.2) is 0 Å². The van der Waals surface area contributed by atoms with E-state index in [1.165, 1.54) is 0 Å². The molecule has 0 spiro atoms. The van der Waals surface area contributed by atoms with E-state index in [1.54, 1.807) is 0 Å². The van der Waals surface area contributed by atoms with E-state index in [1.807, 2.05) is 51.1 Å². The molecule has 5 heteroatoms. The van der Waals surface area contributed by atoms with Crippen molar-refractivity contribution in [1.29, 1.82) is 0 Å². The van der Waals surface area contributed by atoms with Gasteiger partial charge in [0.05, 0.1) is 0 Å². The smallest absolute Gasteiger partial charge is 0.326 e. The van der Waals surface area contributed by atoms with Gasteiger partial charge in [-0.05, 0) is 31.2 Å². The Kier molecular flexibility index (Phi) is 6.72. The van der Waals surface area contributed by atoms with Crippen molar-refractivity contribution >= 4 is 12.0 Å². The molecule has 0 radical (unpaired) electrons. The van der Waals surface area contributed by atoms with Crippen molar-refractivity contribution in [3.8, 4) is 0 Å². The van der Waals surface area contributed by atoms with Crippen LogP contribution in [0.15, 0.2) is 30.3 Å². The lowest BCUT2D eigenvalue weighted by molar-refractivity contribution is -0.139. The van der Waals surface area contributed by atoms with E-state index >= 15 is 0 Å². The topological polar surface area (TPSA) is 78.4 Å². The van der Waals surface area contributed by atoms with Gasteiger partial charge in [0.2, 0.25) is 0 Å². The van der Waals surface area contributed by atoms with Crippen molar-refractivity contribution in [2.24, 2.45) is 5.92 Å². The zero-order valence-corrected chi connectivity index (χ0v) is 12.8. The van der Waals surface area contributed by atoms with Crippen LogP contribution in [-0.2, 0) is 11.2 Å². The maximum Gasteiger partial charge on any atom is 0.326 e. The van der Waals surface area contributed by atoms with E-state index in [-0.39, 0.29) is 6.04 Å². The number of hydrogen-bond donors (Lipinski definition) is 3. The number of hydrogen-bond acceptors (Lipinski definition) is 2. The summed E-state index contributed by atoms with van der Waals surface area (Å²) in [5.74, 6) is -0.721. The van der Waals surface area contributed by atoms with Gasteiger partial charge in [-0.25, -0.2) is 9.59 Å². The van der Waals surface area contributed by atoms with E-state index in [0.717, 1.165) is 5.56 Å². The second-order valence-electron chi connectivity index (χ2n) is 5.57. The molecule has 5 nitrogen and oxygen atoms in total. The summed E-state index contributed by atoms with van der Waals surface area (Å²) in [4.78, 5) is 23.0. The zero-order valence-electron chi connectivity index (χ0n) is 12.8.